The van der Waals surface area contributed by atoms with Gasteiger partial charge in [0.15, 0.2) is 11.6 Å². The Morgan fingerprint density at radius 2 is 1.76 bits per heavy atom. The summed E-state index contributed by atoms with van der Waals surface area (Å²) in [7, 11) is 0. The van der Waals surface area contributed by atoms with Gasteiger partial charge in [0.1, 0.15) is 12.4 Å². The fourth-order valence-corrected chi connectivity index (χ4v) is 3.41. The molecular weight excluding hydrogens is 366 g/mol. The summed E-state index contributed by atoms with van der Waals surface area (Å²) in [5, 5.41) is 9.61. The van der Waals surface area contributed by atoms with E-state index in [4.69, 9.17) is 4.74 Å². The molecular formula is C23H23N3O3. The Morgan fingerprint density at radius 3 is 2.52 bits per heavy atom. The van der Waals surface area contributed by atoms with E-state index in [1.54, 1.807) is 29.3 Å². The summed E-state index contributed by atoms with van der Waals surface area (Å²) in [6.07, 6.45) is 1.76. The molecule has 3 aromatic rings. The minimum atomic E-state index is -0.0675. The molecule has 0 spiro atoms. The van der Waals surface area contributed by atoms with Crippen LogP contribution in [-0.2, 0) is 6.61 Å². The lowest BCUT2D eigenvalue weighted by Crippen LogP contribution is -2.49. The van der Waals surface area contributed by atoms with Crippen molar-refractivity contribution in [3.05, 3.63) is 84.1 Å². The zero-order valence-electron chi connectivity index (χ0n) is 16.1. The van der Waals surface area contributed by atoms with Crippen LogP contribution in [-0.4, -0.2) is 47.1 Å². The molecule has 6 heteroatoms. The first-order valence-electron chi connectivity index (χ1n) is 9.66. The van der Waals surface area contributed by atoms with E-state index >= 15 is 0 Å². The lowest BCUT2D eigenvalue weighted by Gasteiger charge is -2.36. The normalized spacial score (nSPS) is 13.9. The second-order valence-corrected chi connectivity index (χ2v) is 6.93. The molecule has 6 nitrogen and oxygen atoms in total. The largest absolute Gasteiger partial charge is 0.508 e. The maximum Gasteiger partial charge on any atom is 0.254 e. The average Bonchev–Trinajstić information content (AvgIpc) is 2.78. The van der Waals surface area contributed by atoms with Gasteiger partial charge in [0.05, 0.1) is 0 Å². The van der Waals surface area contributed by atoms with Gasteiger partial charge in [0, 0.05) is 37.9 Å². The molecule has 0 saturated carbocycles. The first-order chi connectivity index (χ1) is 14.2. The molecule has 0 bridgehead atoms. The predicted octanol–water partition coefficient (Wildman–Crippen LogP) is 3.33. The van der Waals surface area contributed by atoms with E-state index < -0.39 is 0 Å². The number of benzene rings is 2. The molecule has 1 amide bonds. The number of rotatable bonds is 5. The van der Waals surface area contributed by atoms with Crippen LogP contribution >= 0.6 is 0 Å². The zero-order chi connectivity index (χ0) is 20.1. The molecule has 1 aliphatic rings. The summed E-state index contributed by atoms with van der Waals surface area (Å²) in [5.74, 6) is 1.57. The Balaban J connectivity index is 1.40. The summed E-state index contributed by atoms with van der Waals surface area (Å²) < 4.78 is 6.02. The van der Waals surface area contributed by atoms with E-state index in [0.717, 1.165) is 17.1 Å². The standard InChI is InChI=1S/C23H23N3O3/c27-20-9-4-8-19(16-20)23(28)26-14-12-25(13-15-26)22-21(10-5-11-24-22)29-17-18-6-2-1-3-7-18/h1-11,16,27H,12-15,17H2. The van der Waals surface area contributed by atoms with E-state index in [1.807, 2.05) is 42.5 Å². The van der Waals surface area contributed by atoms with Gasteiger partial charge in [-0.25, -0.2) is 4.98 Å². The number of carbonyl (C=O) groups is 1. The van der Waals surface area contributed by atoms with Gasteiger partial charge in [-0.2, -0.15) is 0 Å². The van der Waals surface area contributed by atoms with Crippen LogP contribution in [0.1, 0.15) is 15.9 Å². The van der Waals surface area contributed by atoms with E-state index in [1.165, 1.54) is 6.07 Å². The van der Waals surface area contributed by atoms with Crippen LogP contribution in [0.15, 0.2) is 72.9 Å². The Hall–Kier alpha value is -3.54. The number of amides is 1. The first-order valence-corrected chi connectivity index (χ1v) is 9.66. The second kappa shape index (κ2) is 8.65. The molecule has 0 radical (unpaired) electrons. The van der Waals surface area contributed by atoms with Gasteiger partial charge in [0.25, 0.3) is 5.91 Å². The molecule has 2 aromatic carbocycles. The summed E-state index contributed by atoms with van der Waals surface area (Å²) in [5.41, 5.74) is 1.60. The maximum absolute atomic E-state index is 12.7. The minimum absolute atomic E-state index is 0.0675. The smallest absolute Gasteiger partial charge is 0.254 e. The second-order valence-electron chi connectivity index (χ2n) is 6.93. The number of hydrogen-bond acceptors (Lipinski definition) is 5. The Morgan fingerprint density at radius 1 is 0.966 bits per heavy atom. The van der Waals surface area contributed by atoms with Crippen molar-refractivity contribution in [1.82, 2.24) is 9.88 Å². The number of phenols is 1. The molecule has 148 valence electrons. The molecule has 0 unspecified atom stereocenters. The van der Waals surface area contributed by atoms with Crippen molar-refractivity contribution in [3.63, 3.8) is 0 Å². The number of carbonyl (C=O) groups excluding carboxylic acids is 1. The van der Waals surface area contributed by atoms with Crippen molar-refractivity contribution in [2.45, 2.75) is 6.61 Å². The highest BCUT2D eigenvalue weighted by Gasteiger charge is 2.24. The third-order valence-corrected chi connectivity index (χ3v) is 4.95. The van der Waals surface area contributed by atoms with Crippen molar-refractivity contribution >= 4 is 11.7 Å². The molecule has 1 fully saturated rings. The Labute approximate surface area is 170 Å². The summed E-state index contributed by atoms with van der Waals surface area (Å²) in [4.78, 5) is 21.1. The molecule has 2 heterocycles. The van der Waals surface area contributed by atoms with Crippen LogP contribution in [0, 0.1) is 0 Å². The van der Waals surface area contributed by atoms with Gasteiger partial charge in [-0.15, -0.1) is 0 Å². The number of aromatic nitrogens is 1. The van der Waals surface area contributed by atoms with Crippen LogP contribution in [0.5, 0.6) is 11.5 Å². The third-order valence-electron chi connectivity index (χ3n) is 4.95. The number of nitrogens with zero attached hydrogens (tertiary/aromatic N) is 3. The summed E-state index contributed by atoms with van der Waals surface area (Å²) in [6.45, 7) is 2.99. The average molecular weight is 389 g/mol. The SMILES string of the molecule is O=C(c1cccc(O)c1)N1CCN(c2ncccc2OCc2ccccc2)CC1. The fraction of sp³-hybridized carbons (Fsp3) is 0.217. The highest BCUT2D eigenvalue weighted by atomic mass is 16.5. The Kier molecular flexibility index (Phi) is 5.61. The van der Waals surface area contributed by atoms with Crippen LogP contribution in [0.2, 0.25) is 0 Å². The lowest BCUT2D eigenvalue weighted by molar-refractivity contribution is 0.0746. The van der Waals surface area contributed by atoms with Gasteiger partial charge in [-0.05, 0) is 35.9 Å². The highest BCUT2D eigenvalue weighted by molar-refractivity contribution is 5.94. The first kappa shape index (κ1) is 18.8. The topological polar surface area (TPSA) is 65.9 Å². The van der Waals surface area contributed by atoms with Crippen LogP contribution in [0.4, 0.5) is 5.82 Å². The monoisotopic (exact) mass is 389 g/mol. The third kappa shape index (κ3) is 4.48. The number of hydrogen-bond donors (Lipinski definition) is 1. The number of aromatic hydroxyl groups is 1. The van der Waals surface area contributed by atoms with Crippen molar-refractivity contribution in [2.75, 3.05) is 31.1 Å². The minimum Gasteiger partial charge on any atom is -0.508 e. The molecule has 29 heavy (non-hydrogen) atoms. The fourth-order valence-electron chi connectivity index (χ4n) is 3.41. The number of phenolic OH excluding ortho intramolecular Hbond substituents is 1. The van der Waals surface area contributed by atoms with Crippen molar-refractivity contribution in [3.8, 4) is 11.5 Å². The quantitative estimate of drug-likeness (QED) is 0.725. The zero-order valence-corrected chi connectivity index (χ0v) is 16.1. The van der Waals surface area contributed by atoms with E-state index in [9.17, 15) is 9.90 Å². The van der Waals surface area contributed by atoms with E-state index in [-0.39, 0.29) is 11.7 Å². The molecule has 4 rings (SSSR count). The van der Waals surface area contributed by atoms with Crippen LogP contribution in [0.3, 0.4) is 0 Å². The van der Waals surface area contributed by atoms with Crippen LogP contribution in [0.25, 0.3) is 0 Å². The van der Waals surface area contributed by atoms with Crippen LogP contribution < -0.4 is 9.64 Å². The van der Waals surface area contributed by atoms with Gasteiger partial charge < -0.3 is 19.6 Å². The predicted molar refractivity (Wildman–Crippen MR) is 111 cm³/mol. The molecule has 1 aromatic heterocycles. The number of ether oxygens (including phenoxy) is 1. The molecule has 0 atom stereocenters. The van der Waals surface area contributed by atoms with Crippen molar-refractivity contribution in [1.29, 1.82) is 0 Å². The van der Waals surface area contributed by atoms with Gasteiger partial charge in [-0.1, -0.05) is 36.4 Å². The molecule has 1 saturated heterocycles. The summed E-state index contributed by atoms with van der Waals surface area (Å²) >= 11 is 0. The molecule has 1 aliphatic heterocycles. The molecule has 1 N–H and O–H groups in total. The summed E-state index contributed by atoms with van der Waals surface area (Å²) in [6, 6.07) is 20.3. The molecule has 0 aliphatic carbocycles. The Bertz CT molecular complexity index is 970. The van der Waals surface area contributed by atoms with Crippen molar-refractivity contribution < 1.29 is 14.6 Å². The van der Waals surface area contributed by atoms with E-state index in [2.05, 4.69) is 9.88 Å². The number of anilines is 1. The van der Waals surface area contributed by atoms with Gasteiger partial charge in [-0.3, -0.25) is 4.79 Å². The maximum atomic E-state index is 12.7. The van der Waals surface area contributed by atoms with Gasteiger partial charge in [0.2, 0.25) is 0 Å². The van der Waals surface area contributed by atoms with Crippen molar-refractivity contribution in [2.24, 2.45) is 0 Å². The highest BCUT2D eigenvalue weighted by Crippen LogP contribution is 2.27. The number of piperazine rings is 1. The lowest BCUT2D eigenvalue weighted by atomic mass is 10.1. The number of pyridine rings is 1. The van der Waals surface area contributed by atoms with Gasteiger partial charge >= 0.3 is 0 Å². The van der Waals surface area contributed by atoms with E-state index in [0.29, 0.717) is 38.3 Å².